The Kier molecular flexibility index (Phi) is 4.47. The van der Waals surface area contributed by atoms with E-state index in [0.717, 1.165) is 35.6 Å². The zero-order valence-corrected chi connectivity index (χ0v) is 12.7. The smallest absolute Gasteiger partial charge is 0.158 e. The van der Waals surface area contributed by atoms with Crippen molar-refractivity contribution in [3.8, 4) is 0 Å². The van der Waals surface area contributed by atoms with Gasteiger partial charge in [0.15, 0.2) is 5.65 Å². The first-order valence-electron chi connectivity index (χ1n) is 6.67. The van der Waals surface area contributed by atoms with Gasteiger partial charge < -0.3 is 9.30 Å². The molecule has 0 saturated carbocycles. The molecule has 0 aromatic carbocycles. The first-order valence-corrected chi connectivity index (χ1v) is 7.20. The van der Waals surface area contributed by atoms with Crippen LogP contribution in [0.15, 0.2) is 0 Å². The summed E-state index contributed by atoms with van der Waals surface area (Å²) in [6.07, 6.45) is 1.11. The van der Waals surface area contributed by atoms with Crippen LogP contribution in [0.25, 0.3) is 11.2 Å². The average molecular weight is 285 g/mol. The predicted molar refractivity (Wildman–Crippen MR) is 76.5 cm³/mol. The molecule has 0 aliphatic rings. The second-order valence-corrected chi connectivity index (χ2v) is 5.10. The Hall–Kier alpha value is -1.07. The maximum Gasteiger partial charge on any atom is 0.158 e. The molecule has 5 nitrogen and oxygen atoms in total. The summed E-state index contributed by atoms with van der Waals surface area (Å²) >= 11 is 6.00. The van der Waals surface area contributed by atoms with Crippen molar-refractivity contribution in [2.24, 2.45) is 7.05 Å². The highest BCUT2D eigenvalue weighted by Gasteiger charge is 2.17. The number of ether oxygens (including phenoxy) is 1. The molecule has 2 aromatic heterocycles. The molecule has 0 amide bonds. The van der Waals surface area contributed by atoms with Crippen molar-refractivity contribution < 1.29 is 4.74 Å². The molecular weight excluding hydrogens is 264 g/mol. The van der Waals surface area contributed by atoms with Gasteiger partial charge in [-0.15, -0.1) is 11.6 Å². The Labute approximate surface area is 118 Å². The number of alkyl halides is 1. The standard InChI is InChI=1S/C13H21ClN4O/c1-5-10-12-13(17(4)16-10)18(11(8-14)15-12)6-7-19-9(2)3/h9H,5-8H2,1-4H3. The summed E-state index contributed by atoms with van der Waals surface area (Å²) < 4.78 is 9.60. The molecule has 2 rings (SSSR count). The van der Waals surface area contributed by atoms with Crippen molar-refractivity contribution >= 4 is 22.8 Å². The second kappa shape index (κ2) is 5.92. The van der Waals surface area contributed by atoms with Gasteiger partial charge in [0.05, 0.1) is 24.3 Å². The minimum Gasteiger partial charge on any atom is -0.377 e. The van der Waals surface area contributed by atoms with Gasteiger partial charge in [0, 0.05) is 13.6 Å². The topological polar surface area (TPSA) is 44.9 Å². The van der Waals surface area contributed by atoms with Crippen molar-refractivity contribution in [1.82, 2.24) is 19.3 Å². The summed E-state index contributed by atoms with van der Waals surface area (Å²) in [5.74, 6) is 1.28. The number of aromatic nitrogens is 4. The Morgan fingerprint density at radius 2 is 2.11 bits per heavy atom. The quantitative estimate of drug-likeness (QED) is 0.766. The number of aryl methyl sites for hydroxylation is 2. The first-order chi connectivity index (χ1) is 9.08. The molecule has 0 aliphatic carbocycles. The van der Waals surface area contributed by atoms with Gasteiger partial charge in [0.25, 0.3) is 0 Å². The minimum absolute atomic E-state index is 0.233. The molecular formula is C13H21ClN4O. The molecule has 6 heteroatoms. The van der Waals surface area contributed by atoms with Crippen molar-refractivity contribution in [2.45, 2.75) is 45.7 Å². The fourth-order valence-electron chi connectivity index (χ4n) is 2.24. The number of hydrogen-bond donors (Lipinski definition) is 0. The van der Waals surface area contributed by atoms with Gasteiger partial charge in [0.2, 0.25) is 0 Å². The average Bonchev–Trinajstić information content (AvgIpc) is 2.87. The molecule has 0 saturated heterocycles. The Morgan fingerprint density at radius 3 is 2.68 bits per heavy atom. The molecule has 0 atom stereocenters. The molecule has 0 aliphatic heterocycles. The van der Waals surface area contributed by atoms with E-state index in [1.807, 2.05) is 25.6 Å². The van der Waals surface area contributed by atoms with Crippen LogP contribution >= 0.6 is 11.6 Å². The maximum atomic E-state index is 6.00. The lowest BCUT2D eigenvalue weighted by molar-refractivity contribution is 0.0728. The van der Waals surface area contributed by atoms with E-state index in [9.17, 15) is 0 Å². The lowest BCUT2D eigenvalue weighted by Crippen LogP contribution is -2.13. The van der Waals surface area contributed by atoms with Gasteiger partial charge in [-0.2, -0.15) is 5.10 Å². The Morgan fingerprint density at radius 1 is 1.37 bits per heavy atom. The van der Waals surface area contributed by atoms with Gasteiger partial charge in [-0.1, -0.05) is 6.92 Å². The summed E-state index contributed by atoms with van der Waals surface area (Å²) in [5.41, 5.74) is 3.01. The van der Waals surface area contributed by atoms with Gasteiger partial charge in [-0.25, -0.2) is 4.98 Å². The van der Waals surface area contributed by atoms with Crippen LogP contribution in [0.2, 0.25) is 0 Å². The molecule has 0 fully saturated rings. The van der Waals surface area contributed by atoms with E-state index in [1.165, 1.54) is 0 Å². The molecule has 106 valence electrons. The third-order valence-electron chi connectivity index (χ3n) is 3.09. The highest BCUT2D eigenvalue weighted by atomic mass is 35.5. The zero-order chi connectivity index (χ0) is 14.0. The SMILES string of the molecule is CCc1nn(C)c2c1nc(CCl)n2CCOC(C)C. The van der Waals surface area contributed by atoms with Crippen LogP contribution in [0.1, 0.15) is 32.3 Å². The minimum atomic E-state index is 0.233. The van der Waals surface area contributed by atoms with Crippen LogP contribution in [0.5, 0.6) is 0 Å². The highest BCUT2D eigenvalue weighted by molar-refractivity contribution is 6.16. The molecule has 0 spiro atoms. The number of hydrogen-bond acceptors (Lipinski definition) is 3. The molecule has 19 heavy (non-hydrogen) atoms. The molecule has 0 radical (unpaired) electrons. The highest BCUT2D eigenvalue weighted by Crippen LogP contribution is 2.21. The van der Waals surface area contributed by atoms with E-state index < -0.39 is 0 Å². The van der Waals surface area contributed by atoms with E-state index in [4.69, 9.17) is 16.3 Å². The summed E-state index contributed by atoms with van der Waals surface area (Å²) in [4.78, 5) is 4.61. The van der Waals surface area contributed by atoms with E-state index in [-0.39, 0.29) is 6.10 Å². The van der Waals surface area contributed by atoms with Crippen LogP contribution in [-0.2, 0) is 30.6 Å². The summed E-state index contributed by atoms with van der Waals surface area (Å²) in [6.45, 7) is 7.55. The number of fused-ring (bicyclic) bond motifs is 1. The lowest BCUT2D eigenvalue weighted by atomic mass is 10.3. The third-order valence-corrected chi connectivity index (χ3v) is 3.33. The summed E-state index contributed by atoms with van der Waals surface area (Å²) in [7, 11) is 1.95. The number of nitrogens with zero attached hydrogens (tertiary/aromatic N) is 4. The Balaban J connectivity index is 2.36. The number of halogens is 1. The van der Waals surface area contributed by atoms with Crippen LogP contribution in [0, 0.1) is 0 Å². The maximum absolute atomic E-state index is 6.00. The van der Waals surface area contributed by atoms with Gasteiger partial charge in [0.1, 0.15) is 11.3 Å². The lowest BCUT2D eigenvalue weighted by Gasteiger charge is -2.10. The molecule has 0 unspecified atom stereocenters. The van der Waals surface area contributed by atoms with Crippen molar-refractivity contribution in [3.63, 3.8) is 0 Å². The van der Waals surface area contributed by atoms with Crippen molar-refractivity contribution in [2.75, 3.05) is 6.61 Å². The van der Waals surface area contributed by atoms with Crippen LogP contribution in [-0.4, -0.2) is 32.0 Å². The zero-order valence-electron chi connectivity index (χ0n) is 12.0. The second-order valence-electron chi connectivity index (χ2n) is 4.83. The fraction of sp³-hybridized carbons (Fsp3) is 0.692. The summed E-state index contributed by atoms with van der Waals surface area (Å²) in [6, 6.07) is 0. The fourth-order valence-corrected chi connectivity index (χ4v) is 2.45. The van der Waals surface area contributed by atoms with E-state index in [0.29, 0.717) is 12.5 Å². The van der Waals surface area contributed by atoms with Gasteiger partial charge in [-0.05, 0) is 20.3 Å². The third kappa shape index (κ3) is 2.77. The van der Waals surface area contributed by atoms with E-state index >= 15 is 0 Å². The largest absolute Gasteiger partial charge is 0.377 e. The van der Waals surface area contributed by atoms with Crippen molar-refractivity contribution in [1.29, 1.82) is 0 Å². The van der Waals surface area contributed by atoms with Crippen LogP contribution in [0.4, 0.5) is 0 Å². The van der Waals surface area contributed by atoms with Gasteiger partial charge in [-0.3, -0.25) is 4.68 Å². The van der Waals surface area contributed by atoms with Crippen LogP contribution < -0.4 is 0 Å². The summed E-state index contributed by atoms with van der Waals surface area (Å²) in [5, 5.41) is 4.50. The van der Waals surface area contributed by atoms with Gasteiger partial charge >= 0.3 is 0 Å². The number of rotatable bonds is 6. The molecule has 2 aromatic rings. The Bertz CT molecular complexity index is 558. The monoisotopic (exact) mass is 284 g/mol. The molecule has 0 N–H and O–H groups in total. The van der Waals surface area contributed by atoms with Crippen molar-refractivity contribution in [3.05, 3.63) is 11.5 Å². The molecule has 2 heterocycles. The number of imidazole rings is 1. The molecule has 0 bridgehead atoms. The predicted octanol–water partition coefficient (Wildman–Crippen LogP) is 2.50. The van der Waals surface area contributed by atoms with Crippen LogP contribution in [0.3, 0.4) is 0 Å². The normalized spacial score (nSPS) is 11.9. The van der Waals surface area contributed by atoms with E-state index in [1.54, 1.807) is 0 Å². The van der Waals surface area contributed by atoms with E-state index in [2.05, 4.69) is 21.6 Å². The first kappa shape index (κ1) is 14.3.